The number of hydrogen-bond acceptors (Lipinski definition) is 4. The van der Waals surface area contributed by atoms with Crippen LogP contribution in [0.4, 0.5) is 0 Å². The number of carbonyl (C=O) groups excluding carboxylic acids is 1. The summed E-state index contributed by atoms with van der Waals surface area (Å²) in [6, 6.07) is 0.548. The van der Waals surface area contributed by atoms with Gasteiger partial charge in [0.25, 0.3) is 0 Å². The summed E-state index contributed by atoms with van der Waals surface area (Å²) in [4.78, 5) is 17.2. The molecule has 4 nitrogen and oxygen atoms in total. The lowest BCUT2D eigenvalue weighted by atomic mass is 9.47. The molecule has 1 heterocycles. The molecule has 3 saturated carbocycles. The van der Waals surface area contributed by atoms with Gasteiger partial charge < -0.3 is 4.74 Å². The molecule has 0 radical (unpaired) electrons. The second kappa shape index (κ2) is 6.06. The van der Waals surface area contributed by atoms with Crippen LogP contribution in [0.2, 0.25) is 0 Å². The number of hydroxylamine groups is 1. The van der Waals surface area contributed by atoms with Crippen LogP contribution in [0.1, 0.15) is 72.6 Å². The summed E-state index contributed by atoms with van der Waals surface area (Å²) in [5.41, 5.74) is 5.69. The number of fused-ring (bicyclic) bond motifs is 7. The van der Waals surface area contributed by atoms with E-state index >= 15 is 0 Å². The van der Waals surface area contributed by atoms with E-state index in [1.807, 2.05) is 0 Å². The normalized spacial score (nSPS) is 53.6. The van der Waals surface area contributed by atoms with Crippen LogP contribution in [0.3, 0.4) is 0 Å². The maximum absolute atomic E-state index is 11.4. The lowest BCUT2D eigenvalue weighted by molar-refractivity contribution is -0.148. The Hall–Kier alpha value is -0.870. The van der Waals surface area contributed by atoms with Gasteiger partial charge >= 0.3 is 5.97 Å². The highest BCUT2D eigenvalue weighted by Gasteiger charge is 2.63. The van der Waals surface area contributed by atoms with Gasteiger partial charge in [0.05, 0.1) is 6.10 Å². The Kier molecular flexibility index (Phi) is 4.08. The molecule has 0 aromatic carbocycles. The largest absolute Gasteiger partial charge is 0.462 e. The molecule has 9 atom stereocenters. The van der Waals surface area contributed by atoms with Crippen molar-refractivity contribution in [1.29, 1.82) is 0 Å². The molecule has 0 aromatic heterocycles. The second-order valence-electron chi connectivity index (χ2n) is 10.6. The fraction of sp³-hybridized carbons (Fsp3) is 0.870. The average molecular weight is 374 g/mol. The first kappa shape index (κ1) is 18.2. The summed E-state index contributed by atoms with van der Waals surface area (Å²) >= 11 is 0. The molecule has 150 valence electrons. The Labute approximate surface area is 163 Å². The highest BCUT2D eigenvalue weighted by Crippen LogP contribution is 2.67. The van der Waals surface area contributed by atoms with Crippen LogP contribution >= 0.6 is 0 Å². The molecule has 4 aliphatic carbocycles. The lowest BCUT2D eigenvalue weighted by Gasteiger charge is -2.58. The van der Waals surface area contributed by atoms with Crippen molar-refractivity contribution in [2.24, 2.45) is 34.5 Å². The molecular formula is C23H35NO3. The van der Waals surface area contributed by atoms with Crippen LogP contribution in [-0.2, 0) is 14.4 Å². The molecule has 4 fully saturated rings. The fourth-order valence-corrected chi connectivity index (χ4v) is 8.30. The summed E-state index contributed by atoms with van der Waals surface area (Å²) in [6.07, 6.45) is 11.3. The molecule has 27 heavy (non-hydrogen) atoms. The van der Waals surface area contributed by atoms with E-state index in [0.29, 0.717) is 28.9 Å². The third-order valence-electron chi connectivity index (χ3n) is 9.44. The van der Waals surface area contributed by atoms with Crippen molar-refractivity contribution < 1.29 is 14.4 Å². The zero-order chi connectivity index (χ0) is 19.0. The topological polar surface area (TPSA) is 47.6 Å². The van der Waals surface area contributed by atoms with Crippen LogP contribution in [0.5, 0.6) is 0 Å². The number of esters is 1. The van der Waals surface area contributed by atoms with Crippen molar-refractivity contribution in [2.75, 3.05) is 0 Å². The number of hydrogen-bond donors (Lipinski definition) is 1. The van der Waals surface area contributed by atoms with Crippen molar-refractivity contribution in [1.82, 2.24) is 5.48 Å². The average Bonchev–Trinajstić information content (AvgIpc) is 3.12. The molecule has 0 amide bonds. The third kappa shape index (κ3) is 2.51. The molecule has 1 N–H and O–H groups in total. The zero-order valence-electron chi connectivity index (χ0n) is 17.3. The van der Waals surface area contributed by atoms with Gasteiger partial charge in [0.1, 0.15) is 6.10 Å². The minimum absolute atomic E-state index is 0.0975. The second-order valence-corrected chi connectivity index (χ2v) is 10.6. The molecule has 0 aromatic rings. The van der Waals surface area contributed by atoms with Gasteiger partial charge in [0.15, 0.2) is 0 Å². The number of carbonyl (C=O) groups is 1. The van der Waals surface area contributed by atoms with E-state index in [9.17, 15) is 4.79 Å². The van der Waals surface area contributed by atoms with Crippen molar-refractivity contribution >= 4 is 5.97 Å². The van der Waals surface area contributed by atoms with E-state index < -0.39 is 0 Å². The summed E-state index contributed by atoms with van der Waals surface area (Å²) in [6.45, 7) is 8.87. The first-order valence-corrected chi connectivity index (χ1v) is 11.1. The lowest BCUT2D eigenvalue weighted by Crippen LogP contribution is -2.51. The van der Waals surface area contributed by atoms with Crippen LogP contribution in [0.25, 0.3) is 0 Å². The Morgan fingerprint density at radius 3 is 2.85 bits per heavy atom. The Balaban J connectivity index is 1.41. The van der Waals surface area contributed by atoms with Crippen molar-refractivity contribution in [3.8, 4) is 0 Å². The van der Waals surface area contributed by atoms with Crippen molar-refractivity contribution in [3.63, 3.8) is 0 Å². The molecule has 0 unspecified atom stereocenters. The Bertz CT molecular complexity index is 675. The van der Waals surface area contributed by atoms with Crippen LogP contribution in [0.15, 0.2) is 11.6 Å². The molecule has 0 spiro atoms. The van der Waals surface area contributed by atoms with E-state index in [2.05, 4.69) is 32.3 Å². The number of ether oxygens (including phenoxy) is 1. The SMILES string of the molecule is CC(=O)O[C@H]1CC[C@@]2(C)C(=CC[C@H]3[C@@H]4C[C@H]5NO[C@H](C)[C@H]5[C@@]4(C)CC[C@@H]32)C1. The summed E-state index contributed by atoms with van der Waals surface area (Å²) in [5, 5.41) is 0. The first-order valence-electron chi connectivity index (χ1n) is 11.1. The zero-order valence-corrected chi connectivity index (χ0v) is 17.3. The monoisotopic (exact) mass is 373 g/mol. The van der Waals surface area contributed by atoms with Gasteiger partial charge in [-0.2, -0.15) is 5.48 Å². The first-order chi connectivity index (χ1) is 12.8. The van der Waals surface area contributed by atoms with Gasteiger partial charge in [-0.15, -0.1) is 0 Å². The minimum atomic E-state index is -0.132. The number of allylic oxidation sites excluding steroid dienone is 1. The maximum atomic E-state index is 11.4. The highest BCUT2D eigenvalue weighted by atomic mass is 16.7. The van der Waals surface area contributed by atoms with Gasteiger partial charge in [0, 0.05) is 25.3 Å². The van der Waals surface area contributed by atoms with E-state index in [4.69, 9.17) is 9.57 Å². The molecule has 1 aliphatic heterocycles. The smallest absolute Gasteiger partial charge is 0.302 e. The van der Waals surface area contributed by atoms with Gasteiger partial charge in [-0.3, -0.25) is 9.63 Å². The molecule has 4 heteroatoms. The van der Waals surface area contributed by atoms with E-state index in [0.717, 1.165) is 30.6 Å². The van der Waals surface area contributed by atoms with Crippen molar-refractivity contribution in [3.05, 3.63) is 11.6 Å². The molecular weight excluding hydrogens is 338 g/mol. The van der Waals surface area contributed by atoms with E-state index in [-0.39, 0.29) is 12.1 Å². The van der Waals surface area contributed by atoms with Gasteiger partial charge in [0.2, 0.25) is 0 Å². The van der Waals surface area contributed by atoms with Crippen LogP contribution in [-0.4, -0.2) is 24.2 Å². The Morgan fingerprint density at radius 2 is 2.07 bits per heavy atom. The standard InChI is InChI=1S/C23H35NO3/c1-13-21-20(24-27-13)12-19-17-6-5-15-11-16(26-14(2)25)7-9-22(15,3)18(17)8-10-23(19,21)4/h5,13,16-21,24H,6-12H2,1-4H3/t13-,16+,17-,18+,19+,20-,21-,22+,23+/m1/s1. The van der Waals surface area contributed by atoms with Crippen LogP contribution in [0, 0.1) is 34.5 Å². The predicted molar refractivity (Wildman–Crippen MR) is 104 cm³/mol. The van der Waals surface area contributed by atoms with E-state index in [1.54, 1.807) is 5.57 Å². The Morgan fingerprint density at radius 1 is 1.26 bits per heavy atom. The number of rotatable bonds is 1. The molecule has 1 saturated heterocycles. The molecule has 0 bridgehead atoms. The van der Waals surface area contributed by atoms with Gasteiger partial charge in [-0.05, 0) is 74.0 Å². The summed E-state index contributed by atoms with van der Waals surface area (Å²) in [7, 11) is 0. The maximum Gasteiger partial charge on any atom is 0.302 e. The van der Waals surface area contributed by atoms with Crippen molar-refractivity contribution in [2.45, 2.75) is 90.9 Å². The predicted octanol–water partition coefficient (Wildman–Crippen LogP) is 4.40. The number of nitrogens with one attached hydrogen (secondary N) is 1. The van der Waals surface area contributed by atoms with Crippen LogP contribution < -0.4 is 5.48 Å². The fourth-order valence-electron chi connectivity index (χ4n) is 8.30. The summed E-state index contributed by atoms with van der Waals surface area (Å²) < 4.78 is 5.57. The minimum Gasteiger partial charge on any atom is -0.462 e. The third-order valence-corrected chi connectivity index (χ3v) is 9.44. The van der Waals surface area contributed by atoms with E-state index in [1.165, 1.54) is 39.0 Å². The molecule has 5 rings (SSSR count). The van der Waals surface area contributed by atoms with Gasteiger partial charge in [-0.1, -0.05) is 25.5 Å². The molecule has 5 aliphatic rings. The quantitative estimate of drug-likeness (QED) is 0.547. The van der Waals surface area contributed by atoms with Gasteiger partial charge in [-0.25, -0.2) is 0 Å². The highest BCUT2D eigenvalue weighted by molar-refractivity contribution is 5.66. The summed E-state index contributed by atoms with van der Waals surface area (Å²) in [5.74, 6) is 2.95.